The standard InChI is InChI=1S/C15H17NO2/c1-17-10-11-3-8-15(16)14(9-11)12-4-6-13(18-2)7-5-12/h3-9H,10,16H2,1-2H3. The van der Waals surface area contributed by atoms with E-state index in [1.54, 1.807) is 14.2 Å². The van der Waals surface area contributed by atoms with Crippen LogP contribution in [0.3, 0.4) is 0 Å². The molecular formula is C15H17NO2. The Hall–Kier alpha value is -2.00. The second-order valence-corrected chi connectivity index (χ2v) is 4.08. The van der Waals surface area contributed by atoms with Gasteiger partial charge in [0.2, 0.25) is 0 Å². The van der Waals surface area contributed by atoms with Gasteiger partial charge in [0, 0.05) is 18.4 Å². The van der Waals surface area contributed by atoms with E-state index in [4.69, 9.17) is 15.2 Å². The molecule has 3 heteroatoms. The molecule has 0 heterocycles. The highest BCUT2D eigenvalue weighted by molar-refractivity contribution is 5.77. The normalized spacial score (nSPS) is 10.3. The van der Waals surface area contributed by atoms with E-state index < -0.39 is 0 Å². The zero-order valence-corrected chi connectivity index (χ0v) is 10.6. The molecule has 0 spiro atoms. The van der Waals surface area contributed by atoms with Crippen LogP contribution in [0.15, 0.2) is 42.5 Å². The number of benzene rings is 2. The maximum Gasteiger partial charge on any atom is 0.118 e. The van der Waals surface area contributed by atoms with Gasteiger partial charge in [0.1, 0.15) is 5.75 Å². The topological polar surface area (TPSA) is 44.5 Å². The van der Waals surface area contributed by atoms with Crippen molar-refractivity contribution in [3.05, 3.63) is 48.0 Å². The fourth-order valence-corrected chi connectivity index (χ4v) is 1.88. The van der Waals surface area contributed by atoms with Gasteiger partial charge in [-0.3, -0.25) is 0 Å². The lowest BCUT2D eigenvalue weighted by molar-refractivity contribution is 0.185. The molecule has 2 N–H and O–H groups in total. The molecule has 0 saturated heterocycles. The van der Waals surface area contributed by atoms with Crippen molar-refractivity contribution in [3.8, 4) is 16.9 Å². The van der Waals surface area contributed by atoms with Gasteiger partial charge in [0.15, 0.2) is 0 Å². The third kappa shape index (κ3) is 2.63. The van der Waals surface area contributed by atoms with Crippen LogP contribution in [0.4, 0.5) is 5.69 Å². The van der Waals surface area contributed by atoms with Crippen molar-refractivity contribution < 1.29 is 9.47 Å². The number of nitrogens with two attached hydrogens (primary N) is 1. The molecule has 0 radical (unpaired) electrons. The molecule has 0 amide bonds. The molecule has 3 nitrogen and oxygen atoms in total. The zero-order chi connectivity index (χ0) is 13.0. The molecule has 0 atom stereocenters. The minimum absolute atomic E-state index is 0.587. The zero-order valence-electron chi connectivity index (χ0n) is 10.6. The van der Waals surface area contributed by atoms with Gasteiger partial charge in [0.05, 0.1) is 13.7 Å². The fourth-order valence-electron chi connectivity index (χ4n) is 1.88. The number of nitrogen functional groups attached to an aromatic ring is 1. The molecule has 0 saturated carbocycles. The second kappa shape index (κ2) is 5.56. The van der Waals surface area contributed by atoms with E-state index in [9.17, 15) is 0 Å². The SMILES string of the molecule is COCc1ccc(N)c(-c2ccc(OC)cc2)c1. The van der Waals surface area contributed by atoms with Crippen molar-refractivity contribution >= 4 is 5.69 Å². The Kier molecular flexibility index (Phi) is 3.85. The second-order valence-electron chi connectivity index (χ2n) is 4.08. The lowest BCUT2D eigenvalue weighted by Crippen LogP contribution is -1.94. The summed E-state index contributed by atoms with van der Waals surface area (Å²) in [6, 6.07) is 13.8. The molecule has 2 aromatic rings. The molecule has 0 aliphatic carbocycles. The summed E-state index contributed by atoms with van der Waals surface area (Å²) in [5.74, 6) is 0.838. The largest absolute Gasteiger partial charge is 0.497 e. The lowest BCUT2D eigenvalue weighted by atomic mass is 10.0. The van der Waals surface area contributed by atoms with Gasteiger partial charge in [0.25, 0.3) is 0 Å². The van der Waals surface area contributed by atoms with Crippen LogP contribution in [0.2, 0.25) is 0 Å². The third-order valence-corrected chi connectivity index (χ3v) is 2.83. The fraction of sp³-hybridized carbons (Fsp3) is 0.200. The van der Waals surface area contributed by atoms with Gasteiger partial charge in [-0.25, -0.2) is 0 Å². The van der Waals surface area contributed by atoms with Crippen molar-refractivity contribution in [1.29, 1.82) is 0 Å². The predicted octanol–water partition coefficient (Wildman–Crippen LogP) is 3.09. The number of anilines is 1. The van der Waals surface area contributed by atoms with Crippen LogP contribution < -0.4 is 10.5 Å². The van der Waals surface area contributed by atoms with Crippen LogP contribution in [0, 0.1) is 0 Å². The first-order valence-corrected chi connectivity index (χ1v) is 5.76. The highest BCUT2D eigenvalue weighted by atomic mass is 16.5. The smallest absolute Gasteiger partial charge is 0.118 e. The number of methoxy groups -OCH3 is 2. The molecule has 2 rings (SSSR count). The third-order valence-electron chi connectivity index (χ3n) is 2.83. The van der Waals surface area contributed by atoms with E-state index in [0.29, 0.717) is 6.61 Å². The average Bonchev–Trinajstić information content (AvgIpc) is 2.41. The minimum Gasteiger partial charge on any atom is -0.497 e. The van der Waals surface area contributed by atoms with Crippen LogP contribution in [-0.4, -0.2) is 14.2 Å². The summed E-state index contributed by atoms with van der Waals surface area (Å²) in [6.07, 6.45) is 0. The Morgan fingerprint density at radius 1 is 1.00 bits per heavy atom. The van der Waals surface area contributed by atoms with Gasteiger partial charge in [-0.15, -0.1) is 0 Å². The lowest BCUT2D eigenvalue weighted by Gasteiger charge is -2.09. The van der Waals surface area contributed by atoms with Crippen LogP contribution >= 0.6 is 0 Å². The van der Waals surface area contributed by atoms with E-state index in [-0.39, 0.29) is 0 Å². The Bertz CT molecular complexity index is 521. The van der Waals surface area contributed by atoms with Crippen molar-refractivity contribution in [3.63, 3.8) is 0 Å². The van der Waals surface area contributed by atoms with E-state index in [1.807, 2.05) is 36.4 Å². The van der Waals surface area contributed by atoms with E-state index >= 15 is 0 Å². The van der Waals surface area contributed by atoms with Crippen molar-refractivity contribution in [2.75, 3.05) is 20.0 Å². The average molecular weight is 243 g/mol. The first-order valence-electron chi connectivity index (χ1n) is 5.76. The first-order chi connectivity index (χ1) is 8.74. The Morgan fingerprint density at radius 3 is 2.33 bits per heavy atom. The van der Waals surface area contributed by atoms with Gasteiger partial charge >= 0.3 is 0 Å². The molecule has 0 unspecified atom stereocenters. The molecule has 18 heavy (non-hydrogen) atoms. The summed E-state index contributed by atoms with van der Waals surface area (Å²) >= 11 is 0. The molecule has 0 aliphatic rings. The summed E-state index contributed by atoms with van der Waals surface area (Å²) in [6.45, 7) is 0.587. The Morgan fingerprint density at radius 2 is 1.72 bits per heavy atom. The summed E-state index contributed by atoms with van der Waals surface area (Å²) < 4.78 is 10.3. The quantitative estimate of drug-likeness (QED) is 0.839. The van der Waals surface area contributed by atoms with Crippen molar-refractivity contribution in [2.24, 2.45) is 0 Å². The Labute approximate surface area is 107 Å². The number of rotatable bonds is 4. The minimum atomic E-state index is 0.587. The number of hydrogen-bond acceptors (Lipinski definition) is 3. The number of ether oxygens (including phenoxy) is 2. The van der Waals surface area contributed by atoms with Gasteiger partial charge in [-0.1, -0.05) is 18.2 Å². The van der Waals surface area contributed by atoms with Gasteiger partial charge < -0.3 is 15.2 Å². The van der Waals surface area contributed by atoms with Crippen LogP contribution in [0.25, 0.3) is 11.1 Å². The van der Waals surface area contributed by atoms with Crippen molar-refractivity contribution in [1.82, 2.24) is 0 Å². The summed E-state index contributed by atoms with van der Waals surface area (Å²) in [5.41, 5.74) is 9.98. The summed E-state index contributed by atoms with van der Waals surface area (Å²) in [4.78, 5) is 0. The molecule has 0 bridgehead atoms. The highest BCUT2D eigenvalue weighted by Crippen LogP contribution is 2.28. The molecule has 2 aromatic carbocycles. The van der Waals surface area contributed by atoms with E-state index in [1.165, 1.54) is 0 Å². The molecule has 94 valence electrons. The molecule has 0 aromatic heterocycles. The van der Waals surface area contributed by atoms with E-state index in [2.05, 4.69) is 6.07 Å². The molecule has 0 aliphatic heterocycles. The van der Waals surface area contributed by atoms with Crippen LogP contribution in [-0.2, 0) is 11.3 Å². The first kappa shape index (κ1) is 12.5. The van der Waals surface area contributed by atoms with Crippen LogP contribution in [0.5, 0.6) is 5.75 Å². The Balaban J connectivity index is 2.38. The monoisotopic (exact) mass is 243 g/mol. The molecule has 0 fully saturated rings. The highest BCUT2D eigenvalue weighted by Gasteiger charge is 2.04. The van der Waals surface area contributed by atoms with Crippen LogP contribution in [0.1, 0.15) is 5.56 Å². The van der Waals surface area contributed by atoms with Crippen molar-refractivity contribution in [2.45, 2.75) is 6.61 Å². The molecular weight excluding hydrogens is 226 g/mol. The van der Waals surface area contributed by atoms with E-state index in [0.717, 1.165) is 28.1 Å². The maximum atomic E-state index is 6.02. The summed E-state index contributed by atoms with van der Waals surface area (Å²) in [5, 5.41) is 0. The predicted molar refractivity (Wildman–Crippen MR) is 73.6 cm³/mol. The number of hydrogen-bond donors (Lipinski definition) is 1. The van der Waals surface area contributed by atoms with Gasteiger partial charge in [-0.2, -0.15) is 0 Å². The maximum absolute atomic E-state index is 6.02. The van der Waals surface area contributed by atoms with Gasteiger partial charge in [-0.05, 0) is 35.4 Å². The summed E-state index contributed by atoms with van der Waals surface area (Å²) in [7, 11) is 3.34.